The Kier molecular flexibility index (Phi) is 7.53. The van der Waals surface area contributed by atoms with E-state index in [0.717, 1.165) is 11.6 Å². The molecule has 0 fully saturated rings. The van der Waals surface area contributed by atoms with Gasteiger partial charge in [-0.15, -0.1) is 0 Å². The van der Waals surface area contributed by atoms with E-state index in [0.29, 0.717) is 22.8 Å². The second-order valence-corrected chi connectivity index (χ2v) is 6.63. The topological polar surface area (TPSA) is 86.2 Å². The average molecular weight is 436 g/mol. The number of halogens is 1. The van der Waals surface area contributed by atoms with Crippen molar-refractivity contribution in [2.75, 3.05) is 14.2 Å². The monoisotopic (exact) mass is 436 g/mol. The summed E-state index contributed by atoms with van der Waals surface area (Å²) in [5, 5.41) is 3.93. The van der Waals surface area contributed by atoms with E-state index < -0.39 is 11.8 Å². The molecule has 0 spiro atoms. The number of hydrazone groups is 1. The van der Waals surface area contributed by atoms with Crippen LogP contribution in [-0.4, -0.2) is 32.3 Å². The molecule has 1 amide bonds. The van der Waals surface area contributed by atoms with Gasteiger partial charge in [-0.3, -0.25) is 4.79 Å². The number of nitrogens with one attached hydrogen (secondary N) is 1. The summed E-state index contributed by atoms with van der Waals surface area (Å²) in [6.07, 6.45) is 1.58. The lowest BCUT2D eigenvalue weighted by Gasteiger charge is -2.09. The summed E-state index contributed by atoms with van der Waals surface area (Å²) in [4.78, 5) is 24.2. The molecule has 0 aliphatic heterocycles. The average Bonchev–Trinajstić information content (AvgIpc) is 2.80. The third-order valence-corrected chi connectivity index (χ3v) is 4.37. The maximum absolute atomic E-state index is 13.2. The number of methoxy groups -OCH3 is 2. The van der Waals surface area contributed by atoms with Crippen LogP contribution in [0.25, 0.3) is 0 Å². The zero-order valence-electron chi connectivity index (χ0n) is 17.5. The largest absolute Gasteiger partial charge is 0.493 e. The van der Waals surface area contributed by atoms with E-state index in [2.05, 4.69) is 10.5 Å². The molecule has 1 N–H and O–H groups in total. The summed E-state index contributed by atoms with van der Waals surface area (Å²) in [6, 6.07) is 17.0. The molecular weight excluding hydrogens is 415 g/mol. The first-order valence-corrected chi connectivity index (χ1v) is 9.59. The quantitative estimate of drug-likeness (QED) is 0.252. The number of nitrogens with zero attached hydrogens (tertiary/aromatic N) is 1. The number of esters is 1. The van der Waals surface area contributed by atoms with Crippen molar-refractivity contribution >= 4 is 18.1 Å². The van der Waals surface area contributed by atoms with Crippen LogP contribution in [0.1, 0.15) is 21.5 Å². The van der Waals surface area contributed by atoms with Crippen LogP contribution >= 0.6 is 0 Å². The first-order valence-electron chi connectivity index (χ1n) is 9.59. The van der Waals surface area contributed by atoms with Gasteiger partial charge in [0, 0.05) is 0 Å². The summed E-state index contributed by atoms with van der Waals surface area (Å²) in [6.45, 7) is 0. The predicted molar refractivity (Wildman–Crippen MR) is 117 cm³/mol. The fourth-order valence-corrected chi connectivity index (χ4v) is 2.80. The molecule has 32 heavy (non-hydrogen) atoms. The molecule has 0 atom stereocenters. The lowest BCUT2D eigenvalue weighted by Crippen LogP contribution is -2.19. The molecule has 7 nitrogen and oxygen atoms in total. The third kappa shape index (κ3) is 6.15. The molecule has 0 unspecified atom stereocenters. The van der Waals surface area contributed by atoms with Gasteiger partial charge in [-0.1, -0.05) is 12.1 Å². The third-order valence-electron chi connectivity index (χ3n) is 4.37. The van der Waals surface area contributed by atoms with Crippen molar-refractivity contribution in [2.24, 2.45) is 5.10 Å². The Morgan fingerprint density at radius 3 is 2.41 bits per heavy atom. The van der Waals surface area contributed by atoms with E-state index in [-0.39, 0.29) is 17.9 Å². The summed E-state index contributed by atoms with van der Waals surface area (Å²) in [5.41, 5.74) is 4.01. The van der Waals surface area contributed by atoms with Crippen molar-refractivity contribution in [3.8, 4) is 17.2 Å². The van der Waals surface area contributed by atoms with Crippen molar-refractivity contribution in [3.05, 3.63) is 89.2 Å². The Morgan fingerprint density at radius 1 is 0.969 bits per heavy atom. The first kappa shape index (κ1) is 22.5. The van der Waals surface area contributed by atoms with Gasteiger partial charge in [0.05, 0.1) is 32.4 Å². The Hall–Kier alpha value is -4.20. The molecule has 3 rings (SSSR count). The van der Waals surface area contributed by atoms with Crippen LogP contribution in [0.15, 0.2) is 71.8 Å². The van der Waals surface area contributed by atoms with Crippen LogP contribution in [0.3, 0.4) is 0 Å². The van der Waals surface area contributed by atoms with Gasteiger partial charge in [0.2, 0.25) is 5.91 Å². The van der Waals surface area contributed by atoms with E-state index in [4.69, 9.17) is 14.2 Å². The maximum Gasteiger partial charge on any atom is 0.343 e. The number of hydrogen-bond acceptors (Lipinski definition) is 6. The molecule has 0 aromatic heterocycles. The number of hydrogen-bond donors (Lipinski definition) is 1. The molecule has 0 aliphatic carbocycles. The molecule has 0 saturated heterocycles. The molecule has 0 aliphatic rings. The molecule has 0 saturated carbocycles. The van der Waals surface area contributed by atoms with Gasteiger partial charge in [0.1, 0.15) is 11.6 Å². The second-order valence-electron chi connectivity index (χ2n) is 6.63. The van der Waals surface area contributed by atoms with E-state index in [9.17, 15) is 14.0 Å². The SMILES string of the molecule is COc1ccc(CC(=O)NN=Cc2ccc(OC(=O)c3cccc(F)c3)cc2)cc1OC. The van der Waals surface area contributed by atoms with Gasteiger partial charge in [0.25, 0.3) is 0 Å². The highest BCUT2D eigenvalue weighted by Crippen LogP contribution is 2.27. The van der Waals surface area contributed by atoms with Crippen molar-refractivity contribution in [1.29, 1.82) is 0 Å². The highest BCUT2D eigenvalue weighted by molar-refractivity contribution is 5.91. The van der Waals surface area contributed by atoms with Crippen molar-refractivity contribution in [1.82, 2.24) is 5.43 Å². The highest BCUT2D eigenvalue weighted by atomic mass is 19.1. The van der Waals surface area contributed by atoms with E-state index in [1.807, 2.05) is 0 Å². The number of amides is 1. The van der Waals surface area contributed by atoms with Gasteiger partial charge in [-0.05, 0) is 65.7 Å². The second kappa shape index (κ2) is 10.7. The summed E-state index contributed by atoms with van der Waals surface area (Å²) in [7, 11) is 3.07. The van der Waals surface area contributed by atoms with E-state index >= 15 is 0 Å². The molecule has 0 bridgehead atoms. The summed E-state index contributed by atoms with van der Waals surface area (Å²) in [5.74, 6) is -0.0465. The molecule has 0 heterocycles. The van der Waals surface area contributed by atoms with Crippen LogP contribution < -0.4 is 19.6 Å². The van der Waals surface area contributed by atoms with Crippen LogP contribution in [-0.2, 0) is 11.2 Å². The Labute approximate surface area is 184 Å². The van der Waals surface area contributed by atoms with Gasteiger partial charge in [-0.25, -0.2) is 14.6 Å². The Morgan fingerprint density at radius 2 is 1.72 bits per heavy atom. The van der Waals surface area contributed by atoms with E-state index in [1.54, 1.807) is 49.6 Å². The van der Waals surface area contributed by atoms with Crippen LogP contribution in [0.4, 0.5) is 4.39 Å². The Balaban J connectivity index is 1.52. The van der Waals surface area contributed by atoms with Gasteiger partial charge >= 0.3 is 5.97 Å². The standard InChI is InChI=1S/C24H21FN2O5/c1-30-21-11-8-17(12-22(21)31-2)13-23(28)27-26-15-16-6-9-20(10-7-16)32-24(29)18-4-3-5-19(25)14-18/h3-12,14-15H,13H2,1-2H3,(H,27,28). The first-order chi connectivity index (χ1) is 15.5. The zero-order chi connectivity index (χ0) is 22.9. The number of ether oxygens (including phenoxy) is 3. The fraction of sp³-hybridized carbons (Fsp3) is 0.125. The summed E-state index contributed by atoms with van der Waals surface area (Å²) >= 11 is 0. The number of benzene rings is 3. The minimum absolute atomic E-state index is 0.118. The molecule has 8 heteroatoms. The predicted octanol–water partition coefficient (Wildman–Crippen LogP) is 3.75. The molecule has 0 radical (unpaired) electrons. The number of carbonyl (C=O) groups excluding carboxylic acids is 2. The Bertz CT molecular complexity index is 1130. The lowest BCUT2D eigenvalue weighted by molar-refractivity contribution is -0.120. The lowest BCUT2D eigenvalue weighted by atomic mass is 10.1. The highest BCUT2D eigenvalue weighted by Gasteiger charge is 2.10. The van der Waals surface area contributed by atoms with Gasteiger partial charge in [-0.2, -0.15) is 5.10 Å². The molecule has 3 aromatic rings. The summed E-state index contributed by atoms with van der Waals surface area (Å²) < 4.78 is 28.8. The van der Waals surface area contributed by atoms with Crippen molar-refractivity contribution in [2.45, 2.75) is 6.42 Å². The van der Waals surface area contributed by atoms with Crippen LogP contribution in [0, 0.1) is 5.82 Å². The maximum atomic E-state index is 13.2. The number of carbonyl (C=O) groups is 2. The van der Waals surface area contributed by atoms with Gasteiger partial charge < -0.3 is 14.2 Å². The van der Waals surface area contributed by atoms with Crippen molar-refractivity contribution in [3.63, 3.8) is 0 Å². The van der Waals surface area contributed by atoms with Crippen LogP contribution in [0.5, 0.6) is 17.2 Å². The normalized spacial score (nSPS) is 10.6. The van der Waals surface area contributed by atoms with Gasteiger partial charge in [0.15, 0.2) is 11.5 Å². The van der Waals surface area contributed by atoms with E-state index in [1.165, 1.54) is 31.5 Å². The molecule has 164 valence electrons. The fourth-order valence-electron chi connectivity index (χ4n) is 2.80. The zero-order valence-corrected chi connectivity index (χ0v) is 17.5. The minimum atomic E-state index is -0.659. The minimum Gasteiger partial charge on any atom is -0.493 e. The molecule has 3 aromatic carbocycles. The number of rotatable bonds is 8. The van der Waals surface area contributed by atoms with Crippen molar-refractivity contribution < 1.29 is 28.2 Å². The van der Waals surface area contributed by atoms with Crippen LogP contribution in [0.2, 0.25) is 0 Å². The smallest absolute Gasteiger partial charge is 0.343 e. The molecular formula is C24H21FN2O5.